The van der Waals surface area contributed by atoms with Gasteiger partial charge in [-0.25, -0.2) is 4.68 Å². The molecule has 5 nitrogen and oxygen atoms in total. The summed E-state index contributed by atoms with van der Waals surface area (Å²) in [6.45, 7) is 7.62. The molecule has 1 aliphatic rings. The van der Waals surface area contributed by atoms with Gasteiger partial charge in [0.25, 0.3) is 0 Å². The molecule has 1 saturated carbocycles. The van der Waals surface area contributed by atoms with Crippen molar-refractivity contribution in [1.29, 1.82) is 0 Å². The summed E-state index contributed by atoms with van der Waals surface area (Å²) in [6.07, 6.45) is 7.32. The summed E-state index contributed by atoms with van der Waals surface area (Å²) in [5.41, 5.74) is 0.375. The van der Waals surface area contributed by atoms with E-state index >= 15 is 0 Å². The highest BCUT2D eigenvalue weighted by Crippen LogP contribution is 2.27. The van der Waals surface area contributed by atoms with E-state index in [0.717, 1.165) is 31.4 Å². The van der Waals surface area contributed by atoms with Crippen molar-refractivity contribution in [2.24, 2.45) is 0 Å². The first-order valence-electron chi connectivity index (χ1n) is 7.24. The van der Waals surface area contributed by atoms with E-state index in [0.29, 0.717) is 13.1 Å². The van der Waals surface area contributed by atoms with Crippen LogP contribution in [0.2, 0.25) is 0 Å². The lowest BCUT2D eigenvalue weighted by Crippen LogP contribution is -2.41. The first kappa shape index (κ1) is 14.5. The van der Waals surface area contributed by atoms with Gasteiger partial charge in [-0.15, -0.1) is 5.10 Å². The van der Waals surface area contributed by atoms with E-state index in [1.165, 1.54) is 6.42 Å². The molecule has 0 unspecified atom stereocenters. The lowest BCUT2D eigenvalue weighted by Gasteiger charge is -2.32. The Bertz CT molecular complexity index is 402. The molecule has 1 fully saturated rings. The van der Waals surface area contributed by atoms with Gasteiger partial charge in [0, 0.05) is 13.1 Å². The topological polar surface area (TPSA) is 63.0 Å². The fraction of sp³-hybridized carbons (Fsp3) is 0.857. The Hall–Kier alpha value is -0.940. The van der Waals surface area contributed by atoms with Gasteiger partial charge in [0.2, 0.25) is 0 Å². The molecule has 0 aliphatic heterocycles. The van der Waals surface area contributed by atoms with Crippen LogP contribution >= 0.6 is 0 Å². The zero-order chi connectivity index (χ0) is 13.9. The number of nitrogens with one attached hydrogen (secondary N) is 1. The summed E-state index contributed by atoms with van der Waals surface area (Å²) in [7, 11) is 0. The molecule has 108 valence electrons. The van der Waals surface area contributed by atoms with Crippen molar-refractivity contribution in [2.75, 3.05) is 6.54 Å². The highest BCUT2D eigenvalue weighted by atomic mass is 16.3. The summed E-state index contributed by atoms with van der Waals surface area (Å²) >= 11 is 0. The molecular formula is C14H26N4O. The number of hydrogen-bond donors (Lipinski definition) is 2. The SMILES string of the molecule is CC(C)(C)n1cc(CNCC2(O)CCCCC2)nn1. The summed E-state index contributed by atoms with van der Waals surface area (Å²) in [6, 6.07) is 0. The van der Waals surface area contributed by atoms with Gasteiger partial charge in [0.1, 0.15) is 0 Å². The van der Waals surface area contributed by atoms with Crippen molar-refractivity contribution in [3.05, 3.63) is 11.9 Å². The standard InChI is InChI=1S/C14H26N4O/c1-13(2,3)18-10-12(16-17-18)9-15-11-14(19)7-5-4-6-8-14/h10,15,19H,4-9,11H2,1-3H3. The van der Waals surface area contributed by atoms with Crippen LogP contribution in [0.25, 0.3) is 0 Å². The molecule has 1 aliphatic carbocycles. The lowest BCUT2D eigenvalue weighted by molar-refractivity contribution is 0.00461. The molecule has 5 heteroatoms. The maximum Gasteiger partial charge on any atom is 0.0965 e. The predicted octanol–water partition coefficient (Wildman–Crippen LogP) is 1.82. The van der Waals surface area contributed by atoms with Gasteiger partial charge in [0.05, 0.1) is 23.0 Å². The highest BCUT2D eigenvalue weighted by Gasteiger charge is 2.28. The number of aliphatic hydroxyl groups is 1. The third kappa shape index (κ3) is 4.01. The molecular weight excluding hydrogens is 240 g/mol. The molecule has 0 bridgehead atoms. The molecule has 0 saturated heterocycles. The Kier molecular flexibility index (Phi) is 4.26. The van der Waals surface area contributed by atoms with Crippen molar-refractivity contribution in [2.45, 2.75) is 70.6 Å². The third-order valence-corrected chi connectivity index (χ3v) is 3.77. The maximum absolute atomic E-state index is 10.4. The highest BCUT2D eigenvalue weighted by molar-refractivity contribution is 4.95. The summed E-state index contributed by atoms with van der Waals surface area (Å²) in [5.74, 6) is 0. The second-order valence-electron chi connectivity index (χ2n) is 6.71. The van der Waals surface area contributed by atoms with E-state index in [1.54, 1.807) is 0 Å². The van der Waals surface area contributed by atoms with Crippen molar-refractivity contribution in [3.63, 3.8) is 0 Å². The average Bonchev–Trinajstić information content (AvgIpc) is 2.78. The van der Waals surface area contributed by atoms with Gasteiger partial charge in [-0.05, 0) is 33.6 Å². The minimum Gasteiger partial charge on any atom is -0.389 e. The van der Waals surface area contributed by atoms with E-state index < -0.39 is 5.60 Å². The van der Waals surface area contributed by atoms with E-state index in [2.05, 4.69) is 36.4 Å². The Morgan fingerprint density at radius 2 is 2.00 bits per heavy atom. The summed E-state index contributed by atoms with van der Waals surface area (Å²) in [5, 5.41) is 22.0. The van der Waals surface area contributed by atoms with E-state index in [4.69, 9.17) is 0 Å². The molecule has 1 heterocycles. The second kappa shape index (κ2) is 5.59. The second-order valence-corrected chi connectivity index (χ2v) is 6.71. The van der Waals surface area contributed by atoms with Crippen LogP contribution in [0.4, 0.5) is 0 Å². The van der Waals surface area contributed by atoms with Crippen molar-refractivity contribution in [3.8, 4) is 0 Å². The fourth-order valence-electron chi connectivity index (χ4n) is 2.52. The van der Waals surface area contributed by atoms with Gasteiger partial charge in [-0.2, -0.15) is 0 Å². The molecule has 0 radical (unpaired) electrons. The molecule has 0 spiro atoms. The zero-order valence-corrected chi connectivity index (χ0v) is 12.3. The van der Waals surface area contributed by atoms with Crippen LogP contribution in [0.15, 0.2) is 6.20 Å². The van der Waals surface area contributed by atoms with Gasteiger partial charge in [-0.1, -0.05) is 24.5 Å². The molecule has 0 aromatic carbocycles. The quantitative estimate of drug-likeness (QED) is 0.872. The smallest absolute Gasteiger partial charge is 0.0965 e. The molecule has 2 rings (SSSR count). The van der Waals surface area contributed by atoms with E-state index in [9.17, 15) is 5.11 Å². The lowest BCUT2D eigenvalue weighted by atomic mass is 9.85. The van der Waals surface area contributed by atoms with E-state index in [1.807, 2.05) is 10.9 Å². The number of hydrogen-bond acceptors (Lipinski definition) is 4. The number of nitrogens with zero attached hydrogens (tertiary/aromatic N) is 3. The van der Waals surface area contributed by atoms with Crippen LogP contribution in [0.5, 0.6) is 0 Å². The van der Waals surface area contributed by atoms with Crippen molar-refractivity contribution >= 4 is 0 Å². The van der Waals surface area contributed by atoms with Crippen LogP contribution in [0, 0.1) is 0 Å². The average molecular weight is 266 g/mol. The fourth-order valence-corrected chi connectivity index (χ4v) is 2.52. The van der Waals surface area contributed by atoms with Crippen LogP contribution in [-0.4, -0.2) is 32.2 Å². The maximum atomic E-state index is 10.4. The van der Waals surface area contributed by atoms with E-state index in [-0.39, 0.29) is 5.54 Å². The monoisotopic (exact) mass is 266 g/mol. The molecule has 1 aromatic heterocycles. The number of aromatic nitrogens is 3. The minimum absolute atomic E-state index is 0.0349. The first-order chi connectivity index (χ1) is 8.89. The van der Waals surface area contributed by atoms with Crippen LogP contribution in [0.3, 0.4) is 0 Å². The number of rotatable bonds is 4. The Morgan fingerprint density at radius 3 is 2.58 bits per heavy atom. The Labute approximate surface area is 115 Å². The molecule has 19 heavy (non-hydrogen) atoms. The van der Waals surface area contributed by atoms with Crippen molar-refractivity contribution in [1.82, 2.24) is 20.3 Å². The Balaban J connectivity index is 1.81. The van der Waals surface area contributed by atoms with Crippen LogP contribution < -0.4 is 5.32 Å². The molecule has 0 amide bonds. The van der Waals surface area contributed by atoms with Gasteiger partial charge in [-0.3, -0.25) is 0 Å². The molecule has 2 N–H and O–H groups in total. The van der Waals surface area contributed by atoms with Gasteiger partial charge >= 0.3 is 0 Å². The largest absolute Gasteiger partial charge is 0.389 e. The summed E-state index contributed by atoms with van der Waals surface area (Å²) < 4.78 is 1.87. The van der Waals surface area contributed by atoms with Crippen molar-refractivity contribution < 1.29 is 5.11 Å². The van der Waals surface area contributed by atoms with Crippen LogP contribution in [-0.2, 0) is 12.1 Å². The van der Waals surface area contributed by atoms with Crippen LogP contribution in [0.1, 0.15) is 58.6 Å². The molecule has 0 atom stereocenters. The Morgan fingerprint density at radius 1 is 1.32 bits per heavy atom. The van der Waals surface area contributed by atoms with Gasteiger partial charge < -0.3 is 10.4 Å². The first-order valence-corrected chi connectivity index (χ1v) is 7.24. The normalized spacial score (nSPS) is 19.6. The van der Waals surface area contributed by atoms with Gasteiger partial charge in [0.15, 0.2) is 0 Å². The minimum atomic E-state index is -0.516. The zero-order valence-electron chi connectivity index (χ0n) is 12.3. The molecule has 1 aromatic rings. The predicted molar refractivity (Wildman–Crippen MR) is 74.8 cm³/mol. The third-order valence-electron chi connectivity index (χ3n) is 3.77. The summed E-state index contributed by atoms with van der Waals surface area (Å²) in [4.78, 5) is 0.